The Morgan fingerprint density at radius 1 is 1.43 bits per heavy atom. The maximum atomic E-state index is 13.6. The minimum atomic E-state index is -0.520. The maximum Gasteiger partial charge on any atom is 0.129 e. The molecule has 14 heavy (non-hydrogen) atoms. The number of rotatable bonds is 1. The molecular weight excluding hydrogens is 268 g/mol. The molecule has 0 atom stereocenters. The molecule has 1 aromatic carbocycles. The minimum absolute atomic E-state index is 0.275. The van der Waals surface area contributed by atoms with Gasteiger partial charge in [0.1, 0.15) is 5.82 Å². The van der Waals surface area contributed by atoms with Crippen molar-refractivity contribution in [3.63, 3.8) is 0 Å². The third kappa shape index (κ3) is 1.47. The summed E-state index contributed by atoms with van der Waals surface area (Å²) in [5, 5.41) is 0.512. The van der Waals surface area contributed by atoms with E-state index < -0.39 is 5.54 Å². The van der Waals surface area contributed by atoms with Crippen LogP contribution >= 0.6 is 27.5 Å². The molecule has 0 heterocycles. The van der Waals surface area contributed by atoms with Gasteiger partial charge in [-0.25, -0.2) is 4.39 Å². The highest BCUT2D eigenvalue weighted by molar-refractivity contribution is 9.10. The van der Waals surface area contributed by atoms with E-state index in [1.165, 1.54) is 12.1 Å². The second-order valence-electron chi connectivity index (χ2n) is 3.73. The normalized spacial score (nSPS) is 19.1. The van der Waals surface area contributed by atoms with E-state index in [9.17, 15) is 4.39 Å². The summed E-state index contributed by atoms with van der Waals surface area (Å²) in [6.07, 6.45) is 2.70. The Hall–Kier alpha value is -0.120. The molecule has 4 heteroatoms. The zero-order chi connectivity index (χ0) is 10.3. The summed E-state index contributed by atoms with van der Waals surface area (Å²) in [4.78, 5) is 0. The molecule has 0 spiro atoms. The standard InChI is InChI=1S/C10H10BrClFN/c11-9-6(12)2-3-7(13)8(9)10(14)4-1-5-10/h2-3H,1,4-5,14H2. The number of hydrogen-bond donors (Lipinski definition) is 1. The van der Waals surface area contributed by atoms with Crippen LogP contribution in [0.5, 0.6) is 0 Å². The first-order valence-corrected chi connectivity index (χ1v) is 5.64. The SMILES string of the molecule is NC1(c2c(F)ccc(Cl)c2Br)CCC1. The lowest BCUT2D eigenvalue weighted by Crippen LogP contribution is -2.44. The van der Waals surface area contributed by atoms with Crippen LogP contribution in [0.2, 0.25) is 5.02 Å². The molecule has 0 aliphatic heterocycles. The van der Waals surface area contributed by atoms with Gasteiger partial charge in [-0.3, -0.25) is 0 Å². The van der Waals surface area contributed by atoms with Crippen molar-refractivity contribution in [3.8, 4) is 0 Å². The predicted octanol–water partition coefficient (Wildman–Crippen LogP) is 3.58. The van der Waals surface area contributed by atoms with E-state index in [2.05, 4.69) is 15.9 Å². The first-order chi connectivity index (χ1) is 6.54. The second kappa shape index (κ2) is 3.47. The summed E-state index contributed by atoms with van der Waals surface area (Å²) >= 11 is 9.19. The lowest BCUT2D eigenvalue weighted by atomic mass is 9.72. The van der Waals surface area contributed by atoms with Crippen LogP contribution in [-0.2, 0) is 5.54 Å². The quantitative estimate of drug-likeness (QED) is 0.781. The molecule has 0 bridgehead atoms. The highest BCUT2D eigenvalue weighted by Gasteiger charge is 2.38. The maximum absolute atomic E-state index is 13.6. The summed E-state index contributed by atoms with van der Waals surface area (Å²) in [5.41, 5.74) is 6.07. The van der Waals surface area contributed by atoms with Crippen LogP contribution < -0.4 is 5.73 Å². The number of halogens is 3. The Labute approximate surface area is 95.6 Å². The molecule has 1 aromatic rings. The third-order valence-corrected chi connectivity index (χ3v) is 4.15. The van der Waals surface area contributed by atoms with Crippen molar-refractivity contribution in [3.05, 3.63) is 33.0 Å². The van der Waals surface area contributed by atoms with E-state index in [-0.39, 0.29) is 5.82 Å². The molecule has 1 aliphatic carbocycles. The van der Waals surface area contributed by atoms with E-state index in [0.717, 1.165) is 19.3 Å². The third-order valence-electron chi connectivity index (χ3n) is 2.79. The van der Waals surface area contributed by atoms with Gasteiger partial charge < -0.3 is 5.73 Å². The Morgan fingerprint density at radius 2 is 2.07 bits per heavy atom. The van der Waals surface area contributed by atoms with Gasteiger partial charge >= 0.3 is 0 Å². The Kier molecular flexibility index (Phi) is 2.58. The second-order valence-corrected chi connectivity index (χ2v) is 4.93. The van der Waals surface area contributed by atoms with Gasteiger partial charge in [-0.05, 0) is 47.3 Å². The molecule has 1 fully saturated rings. The monoisotopic (exact) mass is 277 g/mol. The molecule has 0 amide bonds. The van der Waals surface area contributed by atoms with Crippen molar-refractivity contribution in [1.29, 1.82) is 0 Å². The Balaban J connectivity index is 2.56. The first-order valence-electron chi connectivity index (χ1n) is 4.47. The summed E-state index contributed by atoms with van der Waals surface area (Å²) in [5.74, 6) is -0.275. The zero-order valence-electron chi connectivity index (χ0n) is 7.49. The minimum Gasteiger partial charge on any atom is -0.321 e. The molecule has 0 saturated heterocycles. The summed E-state index contributed by atoms with van der Waals surface area (Å²) in [7, 11) is 0. The summed E-state index contributed by atoms with van der Waals surface area (Å²) < 4.78 is 14.2. The molecule has 0 radical (unpaired) electrons. The summed E-state index contributed by atoms with van der Waals surface area (Å²) in [6.45, 7) is 0. The van der Waals surface area contributed by atoms with Crippen LogP contribution in [-0.4, -0.2) is 0 Å². The van der Waals surface area contributed by atoms with Crippen LogP contribution in [0.25, 0.3) is 0 Å². The van der Waals surface area contributed by atoms with E-state index in [0.29, 0.717) is 15.1 Å². The van der Waals surface area contributed by atoms with Crippen molar-refractivity contribution in [1.82, 2.24) is 0 Å². The van der Waals surface area contributed by atoms with Crippen molar-refractivity contribution in [2.75, 3.05) is 0 Å². The van der Waals surface area contributed by atoms with E-state index in [4.69, 9.17) is 17.3 Å². The van der Waals surface area contributed by atoms with Crippen LogP contribution in [0.1, 0.15) is 24.8 Å². The van der Waals surface area contributed by atoms with Crippen LogP contribution in [0, 0.1) is 5.82 Å². The van der Waals surface area contributed by atoms with E-state index in [1.807, 2.05) is 0 Å². The fourth-order valence-electron chi connectivity index (χ4n) is 1.79. The molecule has 1 aliphatic rings. The van der Waals surface area contributed by atoms with Crippen LogP contribution in [0.15, 0.2) is 16.6 Å². The van der Waals surface area contributed by atoms with E-state index >= 15 is 0 Å². The topological polar surface area (TPSA) is 26.0 Å². The molecular formula is C10H10BrClFN. The molecule has 0 unspecified atom stereocenters. The molecule has 0 aromatic heterocycles. The Bertz CT molecular complexity index is 377. The highest BCUT2D eigenvalue weighted by atomic mass is 79.9. The van der Waals surface area contributed by atoms with Crippen LogP contribution in [0.3, 0.4) is 0 Å². The number of nitrogens with two attached hydrogens (primary N) is 1. The Morgan fingerprint density at radius 3 is 2.57 bits per heavy atom. The molecule has 2 N–H and O–H groups in total. The van der Waals surface area contributed by atoms with Gasteiger partial charge in [0.2, 0.25) is 0 Å². The van der Waals surface area contributed by atoms with Gasteiger partial charge in [-0.1, -0.05) is 11.6 Å². The smallest absolute Gasteiger partial charge is 0.129 e. The van der Waals surface area contributed by atoms with Crippen molar-refractivity contribution < 1.29 is 4.39 Å². The average molecular weight is 279 g/mol. The van der Waals surface area contributed by atoms with Crippen molar-refractivity contribution in [2.24, 2.45) is 5.73 Å². The van der Waals surface area contributed by atoms with E-state index in [1.54, 1.807) is 0 Å². The lowest BCUT2D eigenvalue weighted by molar-refractivity contribution is 0.244. The highest BCUT2D eigenvalue weighted by Crippen LogP contribution is 2.44. The van der Waals surface area contributed by atoms with Gasteiger partial charge in [-0.15, -0.1) is 0 Å². The van der Waals surface area contributed by atoms with Crippen molar-refractivity contribution in [2.45, 2.75) is 24.8 Å². The largest absolute Gasteiger partial charge is 0.321 e. The first kappa shape index (κ1) is 10.4. The number of hydrogen-bond acceptors (Lipinski definition) is 1. The van der Waals surface area contributed by atoms with Gasteiger partial charge in [0.05, 0.1) is 5.02 Å². The molecule has 76 valence electrons. The van der Waals surface area contributed by atoms with Crippen LogP contribution in [0.4, 0.5) is 4.39 Å². The van der Waals surface area contributed by atoms with Crippen molar-refractivity contribution >= 4 is 27.5 Å². The zero-order valence-corrected chi connectivity index (χ0v) is 9.83. The van der Waals surface area contributed by atoms with Gasteiger partial charge in [0, 0.05) is 15.6 Å². The molecule has 2 rings (SSSR count). The fraction of sp³-hybridized carbons (Fsp3) is 0.400. The molecule has 1 nitrogen and oxygen atoms in total. The van der Waals surface area contributed by atoms with Gasteiger partial charge in [0.25, 0.3) is 0 Å². The lowest BCUT2D eigenvalue weighted by Gasteiger charge is -2.39. The predicted molar refractivity (Wildman–Crippen MR) is 58.8 cm³/mol. The van der Waals surface area contributed by atoms with Gasteiger partial charge in [-0.2, -0.15) is 0 Å². The van der Waals surface area contributed by atoms with Gasteiger partial charge in [0.15, 0.2) is 0 Å². The summed E-state index contributed by atoms with van der Waals surface area (Å²) in [6, 6.07) is 2.90. The number of benzene rings is 1. The fourth-order valence-corrected chi connectivity index (χ4v) is 2.67. The molecule has 1 saturated carbocycles. The average Bonchev–Trinajstić information content (AvgIpc) is 2.09.